The lowest BCUT2D eigenvalue weighted by molar-refractivity contribution is -0.135. The number of nitrogens with zero attached hydrogens (tertiary/aromatic N) is 5. The molecular formula is C49H58FN9O8S. The maximum absolute atomic E-state index is 16.8. The number of methoxy groups -OCH3 is 3. The van der Waals surface area contributed by atoms with Crippen LogP contribution in [0.4, 0.5) is 14.0 Å². The Morgan fingerprint density at radius 2 is 1.75 bits per heavy atom. The topological polar surface area (TPSA) is 198 Å². The van der Waals surface area contributed by atoms with E-state index in [1.807, 2.05) is 69.5 Å². The number of benzene rings is 2. The van der Waals surface area contributed by atoms with Gasteiger partial charge in [0.05, 0.1) is 77.8 Å². The molecule has 2 aromatic carbocycles. The second-order valence-electron chi connectivity index (χ2n) is 18.1. The molecule has 2 aliphatic rings. The number of hydrogen-bond donors (Lipinski definition) is 4. The fourth-order valence-corrected chi connectivity index (χ4v) is 10.2. The van der Waals surface area contributed by atoms with Crippen LogP contribution in [0.3, 0.4) is 0 Å². The molecule has 68 heavy (non-hydrogen) atoms. The van der Waals surface area contributed by atoms with E-state index >= 15 is 4.39 Å². The van der Waals surface area contributed by atoms with Gasteiger partial charge in [0, 0.05) is 48.0 Å². The van der Waals surface area contributed by atoms with Gasteiger partial charge in [-0.1, -0.05) is 26.8 Å². The number of ether oxygens (including phenoxy) is 4. The lowest BCUT2D eigenvalue weighted by atomic mass is 10.0. The molecule has 0 bridgehead atoms. The standard InChI is InChI=1S/C49H58FN9O8S/c1-9-16-57(41(60)25-53-47(62)64-6)26-40-51-23-34(54-40)29-19-32(50)42-37-20-30-18-28(33-24-52-44(55-33)36-11-10-17-58(36)45(61)43(27(2)3)56-48(63)65-7)12-14-35(30)59(37)46(67-38(42)21-29)39-15-13-31(68-39)22-49(4,5)66-8/h12-15,18-21,23-24,27,36,43,46H,9-11,16-17,22,25-26H2,1-8H3,(H,51,54)(H,52,55)(H,53,62)(H,56,63). The van der Waals surface area contributed by atoms with Crippen molar-refractivity contribution in [2.45, 2.75) is 90.8 Å². The van der Waals surface area contributed by atoms with Crippen molar-refractivity contribution in [2.24, 2.45) is 5.92 Å². The minimum atomic E-state index is -0.749. The van der Waals surface area contributed by atoms with E-state index in [4.69, 9.17) is 19.2 Å². The molecule has 19 heteroatoms. The summed E-state index contributed by atoms with van der Waals surface area (Å²) in [5, 5.41) is 5.99. The number of likely N-dealkylation sites (tertiary alicyclic amines) is 1. The van der Waals surface area contributed by atoms with E-state index in [0.717, 1.165) is 38.3 Å². The zero-order chi connectivity index (χ0) is 48.4. The van der Waals surface area contributed by atoms with E-state index in [-0.39, 0.29) is 42.5 Å². The van der Waals surface area contributed by atoms with Gasteiger partial charge in [0.1, 0.15) is 35.8 Å². The number of nitrogens with one attached hydrogen (secondary N) is 4. The number of hydrogen-bond acceptors (Lipinski definition) is 11. The molecule has 1 fully saturated rings. The molecule has 0 saturated carbocycles. The average Bonchev–Trinajstić information content (AvgIpc) is 4.19. The summed E-state index contributed by atoms with van der Waals surface area (Å²) in [5.41, 5.74) is 4.07. The van der Waals surface area contributed by atoms with E-state index in [2.05, 4.69) is 42.5 Å². The van der Waals surface area contributed by atoms with Gasteiger partial charge in [-0.2, -0.15) is 0 Å². The summed E-state index contributed by atoms with van der Waals surface area (Å²) < 4.78 is 40.9. The van der Waals surface area contributed by atoms with Crippen LogP contribution in [0.2, 0.25) is 0 Å². The van der Waals surface area contributed by atoms with E-state index in [9.17, 15) is 19.2 Å². The normalized spacial score (nSPS) is 16.0. The number of alkyl carbamates (subject to hydrolysis) is 2. The maximum Gasteiger partial charge on any atom is 0.407 e. The van der Waals surface area contributed by atoms with E-state index < -0.39 is 30.3 Å². The molecule has 1 saturated heterocycles. The molecule has 0 aliphatic carbocycles. The summed E-state index contributed by atoms with van der Waals surface area (Å²) in [5.74, 6) is 0.362. The first-order chi connectivity index (χ1) is 32.6. The Morgan fingerprint density at radius 1 is 0.985 bits per heavy atom. The fourth-order valence-electron chi connectivity index (χ4n) is 8.91. The summed E-state index contributed by atoms with van der Waals surface area (Å²) in [4.78, 5) is 72.0. The second-order valence-corrected chi connectivity index (χ2v) is 19.3. The Bertz CT molecular complexity index is 2830. The largest absolute Gasteiger partial charge is 0.464 e. The first kappa shape index (κ1) is 47.8. The SMILES string of the molecule is CCCN(Cc1ncc(-c2cc(F)c3c(c2)OC(c2ccc(CC(C)(C)OC)s2)n2c-3cc3cc(-c4cnc(C5CCCN5C(=O)C(NC(=O)OC)C(C)C)[nH]4)ccc32)[nH]1)C(=O)CNC(=O)OC. The summed E-state index contributed by atoms with van der Waals surface area (Å²) in [7, 11) is 4.21. The number of aromatic nitrogens is 5. The number of fused-ring (bicyclic) bond motifs is 5. The molecule has 4 aromatic heterocycles. The average molecular weight is 952 g/mol. The van der Waals surface area contributed by atoms with Crippen molar-refractivity contribution in [3.05, 3.63) is 88.1 Å². The number of amides is 4. The molecular weight excluding hydrogens is 894 g/mol. The second kappa shape index (κ2) is 19.9. The Labute approximate surface area is 397 Å². The van der Waals surface area contributed by atoms with E-state index in [0.29, 0.717) is 72.3 Å². The highest BCUT2D eigenvalue weighted by Gasteiger charge is 2.38. The summed E-state index contributed by atoms with van der Waals surface area (Å²) >= 11 is 1.62. The molecule has 6 heterocycles. The number of carbonyl (C=O) groups is 4. The minimum Gasteiger partial charge on any atom is -0.464 e. The zero-order valence-corrected chi connectivity index (χ0v) is 40.3. The van der Waals surface area contributed by atoms with Crippen molar-refractivity contribution in [3.8, 4) is 39.5 Å². The van der Waals surface area contributed by atoms with E-state index in [1.54, 1.807) is 40.6 Å². The Morgan fingerprint density at radius 3 is 2.49 bits per heavy atom. The third-order valence-electron chi connectivity index (χ3n) is 12.5. The number of rotatable bonds is 16. The molecule has 0 radical (unpaired) electrons. The van der Waals surface area contributed by atoms with Crippen LogP contribution in [-0.4, -0.2) is 111 Å². The summed E-state index contributed by atoms with van der Waals surface area (Å²) in [6, 6.07) is 14.4. The Kier molecular flexibility index (Phi) is 13.9. The quantitative estimate of drug-likeness (QED) is 0.0732. The predicted octanol–water partition coefficient (Wildman–Crippen LogP) is 8.33. The predicted molar refractivity (Wildman–Crippen MR) is 254 cm³/mol. The molecule has 3 unspecified atom stereocenters. The van der Waals surface area contributed by atoms with Gasteiger partial charge in [0.2, 0.25) is 18.0 Å². The van der Waals surface area contributed by atoms with Gasteiger partial charge >= 0.3 is 12.2 Å². The van der Waals surface area contributed by atoms with Gasteiger partial charge in [-0.05, 0) is 81.5 Å². The molecule has 4 amide bonds. The van der Waals surface area contributed by atoms with Crippen molar-refractivity contribution in [2.75, 3.05) is 41.0 Å². The number of imidazole rings is 2. The van der Waals surface area contributed by atoms with Crippen LogP contribution in [0.15, 0.2) is 60.9 Å². The van der Waals surface area contributed by atoms with Gasteiger partial charge in [0.15, 0.2) is 0 Å². The van der Waals surface area contributed by atoms with Crippen molar-refractivity contribution in [1.29, 1.82) is 0 Å². The van der Waals surface area contributed by atoms with Gasteiger partial charge in [-0.15, -0.1) is 11.3 Å². The molecule has 4 N–H and O–H groups in total. The van der Waals surface area contributed by atoms with Crippen molar-refractivity contribution in [3.63, 3.8) is 0 Å². The van der Waals surface area contributed by atoms with Gasteiger partial charge in [0.25, 0.3) is 0 Å². The first-order valence-corrected chi connectivity index (χ1v) is 23.6. The lowest BCUT2D eigenvalue weighted by Crippen LogP contribution is -2.51. The van der Waals surface area contributed by atoms with Crippen LogP contribution in [0.1, 0.15) is 87.6 Å². The van der Waals surface area contributed by atoms with Gasteiger partial charge in [-0.3, -0.25) is 14.2 Å². The highest BCUT2D eigenvalue weighted by molar-refractivity contribution is 7.12. The monoisotopic (exact) mass is 951 g/mol. The zero-order valence-electron chi connectivity index (χ0n) is 39.5. The van der Waals surface area contributed by atoms with Gasteiger partial charge < -0.3 is 49.3 Å². The van der Waals surface area contributed by atoms with Crippen LogP contribution in [0, 0.1) is 11.7 Å². The molecule has 6 aromatic rings. The van der Waals surface area contributed by atoms with Crippen LogP contribution >= 0.6 is 11.3 Å². The number of H-pyrrole nitrogens is 2. The van der Waals surface area contributed by atoms with Crippen LogP contribution in [0.5, 0.6) is 5.75 Å². The third kappa shape index (κ3) is 9.80. The highest BCUT2D eigenvalue weighted by atomic mass is 32.1. The van der Waals surface area contributed by atoms with Crippen molar-refractivity contribution >= 4 is 46.2 Å². The molecule has 360 valence electrons. The third-order valence-corrected chi connectivity index (χ3v) is 13.7. The van der Waals surface area contributed by atoms with Crippen molar-refractivity contribution in [1.82, 2.24) is 44.9 Å². The molecule has 2 aliphatic heterocycles. The number of aromatic amines is 2. The molecule has 3 atom stereocenters. The van der Waals surface area contributed by atoms with Crippen LogP contribution in [0.25, 0.3) is 44.7 Å². The van der Waals surface area contributed by atoms with Crippen LogP contribution in [-0.2, 0) is 36.8 Å². The lowest BCUT2D eigenvalue weighted by Gasteiger charge is -2.30. The molecule has 8 rings (SSSR count). The van der Waals surface area contributed by atoms with Crippen molar-refractivity contribution < 1.29 is 42.5 Å². The molecule has 17 nitrogen and oxygen atoms in total. The highest BCUT2D eigenvalue weighted by Crippen LogP contribution is 2.48. The van der Waals surface area contributed by atoms with Gasteiger partial charge in [-0.25, -0.2) is 23.9 Å². The first-order valence-electron chi connectivity index (χ1n) is 22.7. The number of carbonyl (C=O) groups excluding carboxylic acids is 4. The van der Waals surface area contributed by atoms with Crippen LogP contribution < -0.4 is 15.4 Å². The number of halogens is 1. The smallest absolute Gasteiger partial charge is 0.407 e. The number of thiophene rings is 1. The molecule has 0 spiro atoms. The maximum atomic E-state index is 16.8. The summed E-state index contributed by atoms with van der Waals surface area (Å²) in [6.07, 6.45) is 4.25. The summed E-state index contributed by atoms with van der Waals surface area (Å²) in [6.45, 7) is 10.7. The minimum absolute atomic E-state index is 0.150. The van der Waals surface area contributed by atoms with E-state index in [1.165, 1.54) is 20.3 Å². The Balaban J connectivity index is 1.12. The fraction of sp³-hybridized carbons (Fsp3) is 0.429. The Hall–Kier alpha value is -6.73.